The Balaban J connectivity index is 1.95. The van der Waals surface area contributed by atoms with Gasteiger partial charge in [0.05, 0.1) is 0 Å². The lowest BCUT2D eigenvalue weighted by molar-refractivity contribution is 0.0936. The van der Waals surface area contributed by atoms with E-state index in [1.54, 1.807) is 18.2 Å². The average molecular weight is 277 g/mol. The molecule has 0 aliphatic carbocycles. The fraction of sp³-hybridized carbons (Fsp3) is 0.562. The molecule has 4 nitrogen and oxygen atoms in total. The predicted octanol–water partition coefficient (Wildman–Crippen LogP) is 3.01. The summed E-state index contributed by atoms with van der Waals surface area (Å²) in [4.78, 5) is 12.2. The first-order valence-electron chi connectivity index (χ1n) is 7.26. The van der Waals surface area contributed by atoms with Gasteiger partial charge >= 0.3 is 0 Å². The van der Waals surface area contributed by atoms with Crippen molar-refractivity contribution in [2.75, 3.05) is 13.2 Å². The molecule has 4 heteroatoms. The summed E-state index contributed by atoms with van der Waals surface area (Å²) in [5.74, 6) is 1.96. The lowest BCUT2D eigenvalue weighted by atomic mass is 10.0. The molecule has 1 unspecified atom stereocenters. The van der Waals surface area contributed by atoms with E-state index >= 15 is 0 Å². The van der Waals surface area contributed by atoms with Crippen molar-refractivity contribution < 1.29 is 14.3 Å². The second kappa shape index (κ2) is 6.64. The molecule has 1 heterocycles. The first kappa shape index (κ1) is 14.7. The Morgan fingerprint density at radius 2 is 1.85 bits per heavy atom. The van der Waals surface area contributed by atoms with E-state index in [1.165, 1.54) is 0 Å². The molecule has 1 amide bonds. The fourth-order valence-electron chi connectivity index (χ4n) is 2.15. The van der Waals surface area contributed by atoms with E-state index in [0.717, 1.165) is 12.8 Å². The van der Waals surface area contributed by atoms with Crippen LogP contribution in [0.25, 0.3) is 0 Å². The molecule has 20 heavy (non-hydrogen) atoms. The minimum absolute atomic E-state index is 0.0572. The first-order chi connectivity index (χ1) is 9.56. The summed E-state index contributed by atoms with van der Waals surface area (Å²) in [6.07, 6.45) is 2.11. The number of hydrogen-bond acceptors (Lipinski definition) is 3. The monoisotopic (exact) mass is 277 g/mol. The lowest BCUT2D eigenvalue weighted by Crippen LogP contribution is -2.32. The molecular formula is C16H23NO3. The third-order valence-corrected chi connectivity index (χ3v) is 3.36. The highest BCUT2D eigenvalue weighted by Crippen LogP contribution is 2.30. The summed E-state index contributed by atoms with van der Waals surface area (Å²) in [5.41, 5.74) is 0.616. The molecule has 0 saturated carbocycles. The van der Waals surface area contributed by atoms with Crippen molar-refractivity contribution in [3.8, 4) is 11.5 Å². The van der Waals surface area contributed by atoms with Gasteiger partial charge in [-0.05, 0) is 43.9 Å². The van der Waals surface area contributed by atoms with Gasteiger partial charge in [-0.1, -0.05) is 13.8 Å². The zero-order chi connectivity index (χ0) is 14.5. The third-order valence-electron chi connectivity index (χ3n) is 3.36. The number of fused-ring (bicyclic) bond motifs is 1. The van der Waals surface area contributed by atoms with Crippen molar-refractivity contribution in [1.82, 2.24) is 5.32 Å². The molecule has 0 spiro atoms. The molecule has 1 atom stereocenters. The maximum absolute atomic E-state index is 12.2. The minimum atomic E-state index is -0.0572. The number of hydrogen-bond donors (Lipinski definition) is 1. The summed E-state index contributed by atoms with van der Waals surface area (Å²) in [6.45, 7) is 7.51. The molecule has 0 aromatic heterocycles. The Morgan fingerprint density at radius 3 is 2.55 bits per heavy atom. The summed E-state index contributed by atoms with van der Waals surface area (Å²) in [7, 11) is 0. The largest absolute Gasteiger partial charge is 0.486 e. The summed E-state index contributed by atoms with van der Waals surface area (Å²) in [6, 6.07) is 5.50. The number of nitrogens with one attached hydrogen (secondary N) is 1. The van der Waals surface area contributed by atoms with Gasteiger partial charge in [0.1, 0.15) is 13.2 Å². The van der Waals surface area contributed by atoms with Gasteiger partial charge in [0.25, 0.3) is 5.91 Å². The Bertz CT molecular complexity index is 471. The van der Waals surface area contributed by atoms with Crippen LogP contribution in [-0.4, -0.2) is 25.2 Å². The average Bonchev–Trinajstić information content (AvgIpc) is 2.44. The van der Waals surface area contributed by atoms with E-state index in [0.29, 0.717) is 36.2 Å². The molecule has 2 rings (SSSR count). The van der Waals surface area contributed by atoms with Crippen molar-refractivity contribution in [2.45, 2.75) is 39.7 Å². The van der Waals surface area contributed by atoms with E-state index in [-0.39, 0.29) is 11.9 Å². The Kier molecular flexibility index (Phi) is 4.88. The van der Waals surface area contributed by atoms with Crippen LogP contribution in [0, 0.1) is 5.92 Å². The van der Waals surface area contributed by atoms with E-state index in [2.05, 4.69) is 19.2 Å². The van der Waals surface area contributed by atoms with Crippen molar-refractivity contribution in [3.63, 3.8) is 0 Å². The van der Waals surface area contributed by atoms with Crippen LogP contribution in [0.15, 0.2) is 18.2 Å². The van der Waals surface area contributed by atoms with Gasteiger partial charge in [-0.2, -0.15) is 0 Å². The molecule has 1 aliphatic heterocycles. The van der Waals surface area contributed by atoms with Crippen LogP contribution in [-0.2, 0) is 0 Å². The molecule has 0 bridgehead atoms. The zero-order valence-electron chi connectivity index (χ0n) is 12.4. The van der Waals surface area contributed by atoms with Crippen LogP contribution >= 0.6 is 0 Å². The normalized spacial score (nSPS) is 15.0. The first-order valence-corrected chi connectivity index (χ1v) is 7.26. The van der Waals surface area contributed by atoms with Gasteiger partial charge in [-0.15, -0.1) is 0 Å². The summed E-state index contributed by atoms with van der Waals surface area (Å²) in [5, 5.41) is 3.02. The molecular weight excluding hydrogens is 254 g/mol. The molecule has 0 fully saturated rings. The van der Waals surface area contributed by atoms with Crippen LogP contribution < -0.4 is 14.8 Å². The fourth-order valence-corrected chi connectivity index (χ4v) is 2.15. The maximum atomic E-state index is 12.2. The smallest absolute Gasteiger partial charge is 0.251 e. The number of carbonyl (C=O) groups excluding carboxylic acids is 1. The minimum Gasteiger partial charge on any atom is -0.486 e. The molecule has 110 valence electrons. The van der Waals surface area contributed by atoms with Crippen LogP contribution in [0.4, 0.5) is 0 Å². The second-order valence-electron chi connectivity index (χ2n) is 5.70. The highest BCUT2D eigenvalue weighted by molar-refractivity contribution is 5.95. The molecule has 1 aromatic rings. The van der Waals surface area contributed by atoms with Crippen LogP contribution in [0.2, 0.25) is 0 Å². The van der Waals surface area contributed by atoms with E-state index in [1.807, 2.05) is 6.92 Å². The highest BCUT2D eigenvalue weighted by atomic mass is 16.6. The predicted molar refractivity (Wildman–Crippen MR) is 78.4 cm³/mol. The van der Waals surface area contributed by atoms with Crippen molar-refractivity contribution in [1.29, 1.82) is 0 Å². The maximum Gasteiger partial charge on any atom is 0.251 e. The van der Waals surface area contributed by atoms with Gasteiger partial charge in [-0.3, -0.25) is 4.79 Å². The Hall–Kier alpha value is -1.71. The van der Waals surface area contributed by atoms with Gasteiger partial charge < -0.3 is 14.8 Å². The van der Waals surface area contributed by atoms with E-state index < -0.39 is 0 Å². The third kappa shape index (κ3) is 3.89. The van der Waals surface area contributed by atoms with Gasteiger partial charge in [0.15, 0.2) is 11.5 Å². The van der Waals surface area contributed by atoms with Crippen LogP contribution in [0.1, 0.15) is 44.0 Å². The van der Waals surface area contributed by atoms with Crippen LogP contribution in [0.5, 0.6) is 11.5 Å². The lowest BCUT2D eigenvalue weighted by Gasteiger charge is -2.19. The van der Waals surface area contributed by atoms with Crippen LogP contribution in [0.3, 0.4) is 0 Å². The Labute approximate surface area is 120 Å². The SMILES string of the molecule is CC(C)CCC(C)NC(=O)c1ccc2c(c1)OCCO2. The number of carbonyl (C=O) groups is 1. The zero-order valence-corrected chi connectivity index (χ0v) is 12.4. The number of amides is 1. The quantitative estimate of drug-likeness (QED) is 0.900. The van der Waals surface area contributed by atoms with Gasteiger partial charge in [0, 0.05) is 11.6 Å². The van der Waals surface area contributed by atoms with E-state index in [9.17, 15) is 4.79 Å². The van der Waals surface area contributed by atoms with Gasteiger partial charge in [0.2, 0.25) is 0 Å². The molecule has 1 aliphatic rings. The molecule has 0 saturated heterocycles. The van der Waals surface area contributed by atoms with Crippen molar-refractivity contribution in [2.24, 2.45) is 5.92 Å². The standard InChI is InChI=1S/C16H23NO3/c1-11(2)4-5-12(3)17-16(18)13-6-7-14-15(10-13)20-9-8-19-14/h6-7,10-12H,4-5,8-9H2,1-3H3,(H,17,18). The van der Waals surface area contributed by atoms with Crippen molar-refractivity contribution >= 4 is 5.91 Å². The topological polar surface area (TPSA) is 47.6 Å². The molecule has 1 aromatic carbocycles. The number of rotatable bonds is 5. The molecule has 0 radical (unpaired) electrons. The Morgan fingerprint density at radius 1 is 1.15 bits per heavy atom. The number of benzene rings is 1. The summed E-state index contributed by atoms with van der Waals surface area (Å²) >= 11 is 0. The summed E-state index contributed by atoms with van der Waals surface area (Å²) < 4.78 is 10.9. The second-order valence-corrected chi connectivity index (χ2v) is 5.70. The van der Waals surface area contributed by atoms with E-state index in [4.69, 9.17) is 9.47 Å². The number of ether oxygens (including phenoxy) is 2. The van der Waals surface area contributed by atoms with Crippen molar-refractivity contribution in [3.05, 3.63) is 23.8 Å². The highest BCUT2D eigenvalue weighted by Gasteiger charge is 2.16. The molecule has 1 N–H and O–H groups in total. The van der Waals surface area contributed by atoms with Gasteiger partial charge in [-0.25, -0.2) is 0 Å².